The second-order valence-electron chi connectivity index (χ2n) is 6.11. The fraction of sp³-hybridized carbons (Fsp3) is 1.00. The Morgan fingerprint density at radius 2 is 1.69 bits per heavy atom. The van der Waals surface area contributed by atoms with Crippen molar-refractivity contribution in [3.05, 3.63) is 0 Å². The van der Waals surface area contributed by atoms with Gasteiger partial charge in [-0.3, -0.25) is 0 Å². The summed E-state index contributed by atoms with van der Waals surface area (Å²) in [7, 11) is -4.63. The Morgan fingerprint density at radius 1 is 1.25 bits per heavy atom. The zero-order valence-electron chi connectivity index (χ0n) is 11.6. The highest BCUT2D eigenvalue weighted by molar-refractivity contribution is 7.90. The molecule has 0 aromatic rings. The first-order chi connectivity index (χ1) is 6.85. The molecular formula is C11H26O3SSi. The maximum Gasteiger partial charge on any atom is 0.192 e. The van der Waals surface area contributed by atoms with Crippen LogP contribution < -0.4 is 0 Å². The molecule has 1 atom stereocenters. The van der Waals surface area contributed by atoms with E-state index in [2.05, 4.69) is 33.9 Å². The first-order valence-corrected chi connectivity index (χ1v) is 10.7. The van der Waals surface area contributed by atoms with Gasteiger partial charge in [0.1, 0.15) is 9.84 Å². The maximum absolute atomic E-state index is 11.1. The van der Waals surface area contributed by atoms with Gasteiger partial charge in [-0.15, -0.1) is 0 Å². The molecule has 3 nitrogen and oxygen atoms in total. The highest BCUT2D eigenvalue weighted by Gasteiger charge is 2.38. The van der Waals surface area contributed by atoms with E-state index in [1.165, 1.54) is 6.26 Å². The summed E-state index contributed by atoms with van der Waals surface area (Å²) in [6.45, 7) is 12.9. The van der Waals surface area contributed by atoms with Crippen LogP contribution in [0.2, 0.25) is 18.1 Å². The number of rotatable bonds is 5. The van der Waals surface area contributed by atoms with Crippen molar-refractivity contribution in [2.45, 2.75) is 58.4 Å². The lowest BCUT2D eigenvalue weighted by molar-refractivity contribution is 0.195. The molecule has 0 aromatic carbocycles. The van der Waals surface area contributed by atoms with Gasteiger partial charge in [-0.05, 0) is 31.5 Å². The fourth-order valence-corrected chi connectivity index (χ4v) is 3.36. The third-order valence-electron chi connectivity index (χ3n) is 3.20. The summed E-state index contributed by atoms with van der Waals surface area (Å²) in [6.07, 6.45) is 1.88. The van der Waals surface area contributed by atoms with Gasteiger partial charge < -0.3 is 4.43 Å². The Kier molecular flexibility index (Phi) is 5.23. The molecule has 0 rings (SSSR count). The Bertz CT molecular complexity index is 315. The van der Waals surface area contributed by atoms with E-state index >= 15 is 0 Å². The summed E-state index contributed by atoms with van der Waals surface area (Å²) in [6, 6.07) is 0. The van der Waals surface area contributed by atoms with Gasteiger partial charge in [0.25, 0.3) is 0 Å². The van der Waals surface area contributed by atoms with Crippen LogP contribution in [0.5, 0.6) is 0 Å². The van der Waals surface area contributed by atoms with E-state index < -0.39 is 18.2 Å². The topological polar surface area (TPSA) is 43.4 Å². The number of hydrogen-bond acceptors (Lipinski definition) is 3. The van der Waals surface area contributed by atoms with Crippen molar-refractivity contribution in [1.29, 1.82) is 0 Å². The summed E-state index contributed by atoms with van der Waals surface area (Å²) < 4.78 is 28.2. The smallest absolute Gasteiger partial charge is 0.192 e. The summed E-state index contributed by atoms with van der Waals surface area (Å²) in [4.78, 5) is 0. The van der Waals surface area contributed by atoms with E-state index in [-0.39, 0.29) is 16.9 Å². The lowest BCUT2D eigenvalue weighted by atomic mass is 10.2. The van der Waals surface area contributed by atoms with Crippen LogP contribution in [0.4, 0.5) is 0 Å². The van der Waals surface area contributed by atoms with E-state index in [1.807, 2.05) is 6.92 Å². The lowest BCUT2D eigenvalue weighted by Crippen LogP contribution is -2.43. The van der Waals surface area contributed by atoms with Crippen LogP contribution in [-0.4, -0.2) is 34.8 Å². The minimum Gasteiger partial charge on any atom is -0.414 e. The molecule has 0 radical (unpaired) electrons. The van der Waals surface area contributed by atoms with Gasteiger partial charge in [-0.2, -0.15) is 0 Å². The normalized spacial score (nSPS) is 16.2. The minimum atomic E-state index is -2.87. The average Bonchev–Trinajstić information content (AvgIpc) is 1.96. The molecule has 5 heteroatoms. The first kappa shape index (κ1) is 16.1. The van der Waals surface area contributed by atoms with Crippen molar-refractivity contribution >= 4 is 18.2 Å². The molecule has 0 amide bonds. The predicted molar refractivity (Wildman–Crippen MR) is 72.1 cm³/mol. The zero-order chi connectivity index (χ0) is 13.2. The lowest BCUT2D eigenvalue weighted by Gasteiger charge is -2.38. The molecule has 0 N–H and O–H groups in total. The summed E-state index contributed by atoms with van der Waals surface area (Å²) in [5, 5.41) is 0.173. The summed E-state index contributed by atoms with van der Waals surface area (Å²) >= 11 is 0. The van der Waals surface area contributed by atoms with Crippen LogP contribution in [0.15, 0.2) is 0 Å². The summed E-state index contributed by atoms with van der Waals surface area (Å²) in [5.74, 6) is 0.211. The van der Waals surface area contributed by atoms with E-state index in [1.54, 1.807) is 0 Å². The fourth-order valence-electron chi connectivity index (χ4n) is 1.12. The number of sulfone groups is 1. The van der Waals surface area contributed by atoms with Gasteiger partial charge in [0.2, 0.25) is 0 Å². The monoisotopic (exact) mass is 266 g/mol. The quantitative estimate of drug-likeness (QED) is 0.719. The Labute approximate surface area is 102 Å². The Morgan fingerprint density at radius 3 is 2.00 bits per heavy atom. The molecule has 0 bridgehead atoms. The summed E-state index contributed by atoms with van der Waals surface area (Å²) in [5.41, 5.74) is 0. The van der Waals surface area contributed by atoms with Crippen LogP contribution in [0.1, 0.15) is 34.1 Å². The molecule has 0 aromatic heterocycles. The molecular weight excluding hydrogens is 240 g/mol. The zero-order valence-corrected chi connectivity index (χ0v) is 13.4. The number of hydrogen-bond donors (Lipinski definition) is 0. The average molecular weight is 266 g/mol. The van der Waals surface area contributed by atoms with Crippen molar-refractivity contribution in [1.82, 2.24) is 0 Å². The molecule has 0 fully saturated rings. The molecule has 0 unspecified atom stereocenters. The molecule has 0 saturated heterocycles. The molecule has 0 saturated carbocycles. The Balaban J connectivity index is 4.31. The highest BCUT2D eigenvalue weighted by Crippen LogP contribution is 2.37. The van der Waals surface area contributed by atoms with Gasteiger partial charge in [0.05, 0.1) is 5.75 Å². The third kappa shape index (κ3) is 6.01. The Hall–Kier alpha value is 0.127. The van der Waals surface area contributed by atoms with E-state index in [0.29, 0.717) is 6.42 Å². The maximum atomic E-state index is 11.1. The van der Waals surface area contributed by atoms with Crippen LogP contribution in [0.3, 0.4) is 0 Å². The van der Waals surface area contributed by atoms with Crippen LogP contribution in [0.25, 0.3) is 0 Å². The van der Waals surface area contributed by atoms with E-state index in [0.717, 1.165) is 0 Å². The van der Waals surface area contributed by atoms with Crippen molar-refractivity contribution in [3.8, 4) is 0 Å². The third-order valence-corrected chi connectivity index (χ3v) is 8.78. The largest absolute Gasteiger partial charge is 0.414 e. The molecule has 0 aliphatic heterocycles. The second-order valence-corrected chi connectivity index (χ2v) is 13.1. The standard InChI is InChI=1S/C11H26O3SSi/c1-10(8-9-15(5,12)13)14-16(6,7)11(2,3)4/h10H,8-9H2,1-7H3/t10-/m1/s1. The van der Waals surface area contributed by atoms with Crippen molar-refractivity contribution < 1.29 is 12.8 Å². The van der Waals surface area contributed by atoms with Gasteiger partial charge >= 0.3 is 0 Å². The molecule has 0 spiro atoms. The molecule has 0 aliphatic rings. The van der Waals surface area contributed by atoms with Crippen molar-refractivity contribution in [2.75, 3.05) is 12.0 Å². The second kappa shape index (κ2) is 5.19. The highest BCUT2D eigenvalue weighted by atomic mass is 32.2. The van der Waals surface area contributed by atoms with Gasteiger partial charge in [0.15, 0.2) is 8.32 Å². The molecule has 0 aliphatic carbocycles. The van der Waals surface area contributed by atoms with Crippen molar-refractivity contribution in [3.63, 3.8) is 0 Å². The SMILES string of the molecule is C[C@H](CCS(C)(=O)=O)O[Si](C)(C)C(C)(C)C. The van der Waals surface area contributed by atoms with E-state index in [9.17, 15) is 8.42 Å². The van der Waals surface area contributed by atoms with Gasteiger partial charge in [-0.1, -0.05) is 20.8 Å². The minimum absolute atomic E-state index is 0.0237. The first-order valence-electron chi connectivity index (χ1n) is 5.71. The van der Waals surface area contributed by atoms with Crippen molar-refractivity contribution in [2.24, 2.45) is 0 Å². The predicted octanol–water partition coefficient (Wildman–Crippen LogP) is 2.83. The van der Waals surface area contributed by atoms with Crippen LogP contribution in [0, 0.1) is 0 Å². The van der Waals surface area contributed by atoms with E-state index in [4.69, 9.17) is 4.43 Å². The van der Waals surface area contributed by atoms with Gasteiger partial charge in [0, 0.05) is 12.4 Å². The molecule has 0 heterocycles. The van der Waals surface area contributed by atoms with Gasteiger partial charge in [-0.25, -0.2) is 8.42 Å². The molecule has 98 valence electrons. The van der Waals surface area contributed by atoms with Crippen LogP contribution in [-0.2, 0) is 14.3 Å². The molecule has 16 heavy (non-hydrogen) atoms. The van der Waals surface area contributed by atoms with Crippen LogP contribution >= 0.6 is 0 Å².